The standard InChI is InChI=1S/C26H23ClF3N9O3/c1-16(36-10-9-31-14-36)21(40)11-19-20(3-2-8-32-19)39-15-33-23(34-39)13-38-25(42)37(12-22(41)26(28,29)30)24(35-38)17-4-6-18(27)7-5-17/h2-10,14-16,22,41H,11-13H2,1H3/t16?,22-/m0/s1. The molecular formula is C26H23ClF3N9O3. The molecule has 42 heavy (non-hydrogen) atoms. The summed E-state index contributed by atoms with van der Waals surface area (Å²) >= 11 is 5.93. The van der Waals surface area contributed by atoms with Crippen molar-refractivity contribution in [1.29, 1.82) is 0 Å². The maximum absolute atomic E-state index is 13.2. The number of aromatic nitrogens is 9. The summed E-state index contributed by atoms with van der Waals surface area (Å²) < 4.78 is 44.1. The van der Waals surface area contributed by atoms with Crippen molar-refractivity contribution in [3.05, 3.63) is 94.7 Å². The fourth-order valence-electron chi connectivity index (χ4n) is 4.17. The van der Waals surface area contributed by atoms with Gasteiger partial charge in [-0.3, -0.25) is 14.3 Å². The number of aliphatic hydroxyl groups is 1. The average Bonchev–Trinajstić information content (AvgIpc) is 3.72. The lowest BCUT2D eigenvalue weighted by molar-refractivity contribution is -0.207. The SMILES string of the molecule is CC(C(=O)Cc1ncccc1-n1cnc(Cn2nc(-c3ccc(Cl)cc3)n(C[C@H](O)C(F)(F)F)c2=O)n1)n1ccnc1. The lowest BCUT2D eigenvalue weighted by atomic mass is 10.1. The highest BCUT2D eigenvalue weighted by atomic mass is 35.5. The summed E-state index contributed by atoms with van der Waals surface area (Å²) in [6.07, 6.45) is 0.00560. The number of imidazole rings is 1. The smallest absolute Gasteiger partial charge is 0.382 e. The number of Topliss-reactive ketones (excluding diaryl/α,β-unsaturated/α-hetero) is 1. The Labute approximate surface area is 240 Å². The minimum atomic E-state index is -4.95. The number of carbonyl (C=O) groups excluding carboxylic acids is 1. The molecule has 1 N–H and O–H groups in total. The van der Waals surface area contributed by atoms with Crippen molar-refractivity contribution in [3.63, 3.8) is 0 Å². The first kappa shape index (κ1) is 28.9. The number of hydrogen-bond donors (Lipinski definition) is 1. The number of alkyl halides is 3. The average molecular weight is 602 g/mol. The molecule has 1 aromatic carbocycles. The third kappa shape index (κ3) is 6.16. The van der Waals surface area contributed by atoms with Gasteiger partial charge in [0.05, 0.1) is 36.7 Å². The molecule has 16 heteroatoms. The summed E-state index contributed by atoms with van der Waals surface area (Å²) in [5.41, 5.74) is 0.340. The van der Waals surface area contributed by atoms with Gasteiger partial charge < -0.3 is 9.67 Å². The lowest BCUT2D eigenvalue weighted by Crippen LogP contribution is -2.37. The van der Waals surface area contributed by atoms with Gasteiger partial charge in [-0.15, -0.1) is 10.2 Å². The molecule has 0 aliphatic rings. The molecule has 0 saturated carbocycles. The number of carbonyl (C=O) groups is 1. The Morgan fingerprint density at radius 2 is 1.83 bits per heavy atom. The van der Waals surface area contributed by atoms with Crippen LogP contribution in [0, 0.1) is 0 Å². The van der Waals surface area contributed by atoms with Crippen LogP contribution in [-0.2, 0) is 24.3 Å². The number of hydrogen-bond acceptors (Lipinski definition) is 8. The number of halogens is 4. The Morgan fingerprint density at radius 3 is 2.52 bits per heavy atom. The van der Waals surface area contributed by atoms with Gasteiger partial charge in [-0.25, -0.2) is 24.1 Å². The molecule has 2 atom stereocenters. The second kappa shape index (κ2) is 11.7. The number of benzene rings is 1. The third-order valence-electron chi connectivity index (χ3n) is 6.48. The number of nitrogens with zero attached hydrogens (tertiary/aromatic N) is 9. The molecular weight excluding hydrogens is 579 g/mol. The zero-order chi connectivity index (χ0) is 30.0. The summed E-state index contributed by atoms with van der Waals surface area (Å²) in [7, 11) is 0. The second-order valence-electron chi connectivity index (χ2n) is 9.34. The molecule has 4 aromatic heterocycles. The first-order chi connectivity index (χ1) is 20.0. The molecule has 218 valence electrons. The van der Waals surface area contributed by atoms with E-state index in [0.717, 1.165) is 9.25 Å². The van der Waals surface area contributed by atoms with Crippen LogP contribution in [-0.4, -0.2) is 66.8 Å². The first-order valence-corrected chi connectivity index (χ1v) is 12.9. The second-order valence-corrected chi connectivity index (χ2v) is 9.78. The molecule has 0 aliphatic carbocycles. The summed E-state index contributed by atoms with van der Waals surface area (Å²) in [5, 5.41) is 18.7. The predicted octanol–water partition coefficient (Wildman–Crippen LogP) is 2.88. The number of ketones is 1. The van der Waals surface area contributed by atoms with E-state index in [1.165, 1.54) is 35.3 Å². The molecule has 0 fully saturated rings. The Kier molecular flexibility index (Phi) is 8.04. The highest BCUT2D eigenvalue weighted by Crippen LogP contribution is 2.24. The molecule has 0 radical (unpaired) electrons. The molecule has 0 bridgehead atoms. The molecule has 0 aliphatic heterocycles. The zero-order valence-electron chi connectivity index (χ0n) is 21.9. The number of rotatable bonds is 10. The van der Waals surface area contributed by atoms with Gasteiger partial charge in [-0.05, 0) is 43.3 Å². The Hall–Kier alpha value is -4.63. The molecule has 0 amide bonds. The van der Waals surface area contributed by atoms with Crippen LogP contribution in [0.25, 0.3) is 17.1 Å². The molecule has 5 rings (SSSR count). The van der Waals surface area contributed by atoms with Crippen molar-refractivity contribution >= 4 is 17.4 Å². The van der Waals surface area contributed by atoms with Crippen LogP contribution in [0.2, 0.25) is 5.02 Å². The van der Waals surface area contributed by atoms with Crippen LogP contribution in [0.3, 0.4) is 0 Å². The maximum atomic E-state index is 13.2. The largest absolute Gasteiger partial charge is 0.416 e. The Balaban J connectivity index is 1.42. The van der Waals surface area contributed by atoms with Gasteiger partial charge in [-0.1, -0.05) is 11.6 Å². The highest BCUT2D eigenvalue weighted by Gasteiger charge is 2.39. The Bertz CT molecular complexity index is 1740. The van der Waals surface area contributed by atoms with E-state index in [4.69, 9.17) is 11.6 Å². The minimum absolute atomic E-state index is 0.000557. The van der Waals surface area contributed by atoms with E-state index in [2.05, 4.69) is 25.1 Å². The number of pyridine rings is 1. The van der Waals surface area contributed by atoms with Gasteiger partial charge in [0, 0.05) is 29.2 Å². The quantitative estimate of drug-likeness (QED) is 0.258. The van der Waals surface area contributed by atoms with Crippen LogP contribution in [0.4, 0.5) is 13.2 Å². The van der Waals surface area contributed by atoms with Crippen LogP contribution in [0.5, 0.6) is 0 Å². The highest BCUT2D eigenvalue weighted by molar-refractivity contribution is 6.30. The van der Waals surface area contributed by atoms with Gasteiger partial charge in [-0.2, -0.15) is 13.2 Å². The molecule has 0 spiro atoms. The Morgan fingerprint density at radius 1 is 1.07 bits per heavy atom. The fraction of sp³-hybridized carbons (Fsp3) is 0.269. The van der Waals surface area contributed by atoms with Crippen LogP contribution < -0.4 is 5.69 Å². The van der Waals surface area contributed by atoms with E-state index in [-0.39, 0.29) is 30.4 Å². The van der Waals surface area contributed by atoms with Crippen LogP contribution in [0.1, 0.15) is 24.5 Å². The molecule has 1 unspecified atom stereocenters. The van der Waals surface area contributed by atoms with Crippen LogP contribution in [0.15, 0.2) is 72.4 Å². The summed E-state index contributed by atoms with van der Waals surface area (Å²) in [4.78, 5) is 38.6. The molecule has 12 nitrogen and oxygen atoms in total. The van der Waals surface area contributed by atoms with Crippen molar-refractivity contribution in [2.45, 2.75) is 44.8 Å². The normalized spacial score (nSPS) is 13.3. The monoisotopic (exact) mass is 601 g/mol. The van der Waals surface area contributed by atoms with Crippen molar-refractivity contribution in [3.8, 4) is 17.1 Å². The minimum Gasteiger partial charge on any atom is -0.382 e. The molecule has 4 heterocycles. The van der Waals surface area contributed by atoms with E-state index in [9.17, 15) is 27.9 Å². The van der Waals surface area contributed by atoms with Crippen molar-refractivity contribution in [2.75, 3.05) is 0 Å². The summed E-state index contributed by atoms with van der Waals surface area (Å²) in [6.45, 7) is 0.406. The lowest BCUT2D eigenvalue weighted by Gasteiger charge is -2.15. The predicted molar refractivity (Wildman–Crippen MR) is 143 cm³/mol. The topological polar surface area (TPSA) is 139 Å². The molecule has 5 aromatic rings. The molecule has 0 saturated heterocycles. The van der Waals surface area contributed by atoms with E-state index in [0.29, 0.717) is 22.0 Å². The maximum Gasteiger partial charge on any atom is 0.416 e. The van der Waals surface area contributed by atoms with E-state index < -0.39 is 30.6 Å². The van der Waals surface area contributed by atoms with Crippen LogP contribution >= 0.6 is 11.6 Å². The fourth-order valence-corrected chi connectivity index (χ4v) is 4.30. The van der Waals surface area contributed by atoms with Gasteiger partial charge in [0.1, 0.15) is 12.9 Å². The van der Waals surface area contributed by atoms with E-state index in [1.54, 1.807) is 48.5 Å². The summed E-state index contributed by atoms with van der Waals surface area (Å²) in [6, 6.07) is 8.89. The van der Waals surface area contributed by atoms with Crippen molar-refractivity contribution < 1.29 is 23.1 Å². The van der Waals surface area contributed by atoms with Crippen molar-refractivity contribution in [2.24, 2.45) is 0 Å². The summed E-state index contributed by atoms with van der Waals surface area (Å²) in [5.74, 6) is -0.0886. The first-order valence-electron chi connectivity index (χ1n) is 12.5. The van der Waals surface area contributed by atoms with Gasteiger partial charge in [0.25, 0.3) is 0 Å². The van der Waals surface area contributed by atoms with E-state index >= 15 is 0 Å². The van der Waals surface area contributed by atoms with E-state index in [1.807, 2.05) is 0 Å². The van der Waals surface area contributed by atoms with Gasteiger partial charge in [0.2, 0.25) is 0 Å². The third-order valence-corrected chi connectivity index (χ3v) is 6.73. The van der Waals surface area contributed by atoms with Gasteiger partial charge in [0.15, 0.2) is 23.5 Å². The zero-order valence-corrected chi connectivity index (χ0v) is 22.7. The van der Waals surface area contributed by atoms with Crippen molar-refractivity contribution in [1.82, 2.24) is 43.6 Å². The van der Waals surface area contributed by atoms with Gasteiger partial charge >= 0.3 is 11.9 Å². The number of aliphatic hydroxyl groups excluding tert-OH is 1.